The molecule has 0 spiro atoms. The van der Waals surface area contributed by atoms with E-state index in [0.29, 0.717) is 11.8 Å². The van der Waals surface area contributed by atoms with Gasteiger partial charge in [-0.05, 0) is 37.5 Å². The van der Waals surface area contributed by atoms with Gasteiger partial charge < -0.3 is 4.90 Å². The first-order valence-corrected chi connectivity index (χ1v) is 6.40. The van der Waals surface area contributed by atoms with Crippen LogP contribution in [-0.2, 0) is 4.79 Å². The molecule has 0 bridgehead atoms. The Morgan fingerprint density at radius 1 is 1.13 bits per heavy atom. The van der Waals surface area contributed by atoms with Crippen LogP contribution in [0.15, 0.2) is 0 Å². The first-order chi connectivity index (χ1) is 7.11. The third-order valence-corrected chi connectivity index (χ3v) is 4.22. The normalized spacial score (nSPS) is 30.5. The number of hydrogen-bond donors (Lipinski definition) is 0. The monoisotopic (exact) mass is 209 g/mol. The summed E-state index contributed by atoms with van der Waals surface area (Å²) in [6.07, 6.45) is 7.28. The molecule has 1 saturated carbocycles. The van der Waals surface area contributed by atoms with Crippen molar-refractivity contribution in [3.05, 3.63) is 0 Å². The second-order valence-corrected chi connectivity index (χ2v) is 5.82. The van der Waals surface area contributed by atoms with Crippen LogP contribution >= 0.6 is 0 Å². The van der Waals surface area contributed by atoms with Crippen LogP contribution in [-0.4, -0.2) is 23.9 Å². The van der Waals surface area contributed by atoms with Crippen LogP contribution in [0, 0.1) is 11.3 Å². The molecule has 1 saturated heterocycles. The molecule has 1 amide bonds. The fourth-order valence-corrected chi connectivity index (χ4v) is 3.12. The molecular formula is C13H23NO. The van der Waals surface area contributed by atoms with E-state index in [0.717, 1.165) is 19.5 Å². The molecule has 1 aliphatic heterocycles. The van der Waals surface area contributed by atoms with Crippen LogP contribution in [0.3, 0.4) is 0 Å². The SMILES string of the molecule is CC1(C)CCCC1C(=O)N1CCCCC1. The molecule has 1 atom stereocenters. The zero-order valence-electron chi connectivity index (χ0n) is 10.1. The molecule has 2 aliphatic rings. The van der Waals surface area contributed by atoms with Crippen molar-refractivity contribution < 1.29 is 4.79 Å². The van der Waals surface area contributed by atoms with Crippen molar-refractivity contribution >= 4 is 5.91 Å². The van der Waals surface area contributed by atoms with Crippen molar-refractivity contribution in [2.75, 3.05) is 13.1 Å². The lowest BCUT2D eigenvalue weighted by atomic mass is 9.81. The first-order valence-electron chi connectivity index (χ1n) is 6.40. The average molecular weight is 209 g/mol. The van der Waals surface area contributed by atoms with Crippen LogP contribution in [0.2, 0.25) is 0 Å². The predicted octanol–water partition coefficient (Wildman–Crippen LogP) is 2.83. The molecule has 1 heterocycles. The molecule has 2 nitrogen and oxygen atoms in total. The Bertz CT molecular complexity index is 241. The molecule has 0 aromatic carbocycles. The van der Waals surface area contributed by atoms with E-state index in [-0.39, 0.29) is 5.41 Å². The van der Waals surface area contributed by atoms with Crippen LogP contribution in [0.1, 0.15) is 52.4 Å². The molecule has 2 rings (SSSR count). The molecule has 2 heteroatoms. The lowest BCUT2D eigenvalue weighted by Crippen LogP contribution is -2.42. The van der Waals surface area contributed by atoms with Crippen molar-refractivity contribution in [1.29, 1.82) is 0 Å². The summed E-state index contributed by atoms with van der Waals surface area (Å²) in [6.45, 7) is 6.52. The van der Waals surface area contributed by atoms with Gasteiger partial charge in [0.25, 0.3) is 0 Å². The number of nitrogens with zero attached hydrogens (tertiary/aromatic N) is 1. The summed E-state index contributed by atoms with van der Waals surface area (Å²) in [6, 6.07) is 0. The third kappa shape index (κ3) is 2.19. The van der Waals surface area contributed by atoms with Gasteiger partial charge in [0.1, 0.15) is 0 Å². The second kappa shape index (κ2) is 4.15. The molecule has 1 unspecified atom stereocenters. The van der Waals surface area contributed by atoms with E-state index in [4.69, 9.17) is 0 Å². The summed E-state index contributed by atoms with van der Waals surface area (Å²) in [5.41, 5.74) is 0.245. The van der Waals surface area contributed by atoms with Crippen molar-refractivity contribution in [3.63, 3.8) is 0 Å². The molecule has 1 aliphatic carbocycles. The van der Waals surface area contributed by atoms with Gasteiger partial charge in [-0.25, -0.2) is 0 Å². The van der Waals surface area contributed by atoms with E-state index in [2.05, 4.69) is 18.7 Å². The van der Waals surface area contributed by atoms with Crippen molar-refractivity contribution in [3.8, 4) is 0 Å². The highest BCUT2D eigenvalue weighted by atomic mass is 16.2. The summed E-state index contributed by atoms with van der Waals surface area (Å²) >= 11 is 0. The number of carbonyl (C=O) groups excluding carboxylic acids is 1. The fourth-order valence-electron chi connectivity index (χ4n) is 3.12. The Morgan fingerprint density at radius 2 is 1.80 bits per heavy atom. The Labute approximate surface area is 93.0 Å². The highest BCUT2D eigenvalue weighted by Crippen LogP contribution is 2.43. The van der Waals surface area contributed by atoms with Gasteiger partial charge in [0.2, 0.25) is 5.91 Å². The van der Waals surface area contributed by atoms with E-state index >= 15 is 0 Å². The highest BCUT2D eigenvalue weighted by Gasteiger charge is 2.41. The summed E-state index contributed by atoms with van der Waals surface area (Å²) in [5.74, 6) is 0.743. The number of piperidine rings is 1. The smallest absolute Gasteiger partial charge is 0.226 e. The number of hydrogen-bond acceptors (Lipinski definition) is 1. The lowest BCUT2D eigenvalue weighted by molar-refractivity contribution is -0.139. The molecule has 0 aromatic heterocycles. The van der Waals surface area contributed by atoms with Gasteiger partial charge in [-0.15, -0.1) is 0 Å². The van der Waals surface area contributed by atoms with Crippen LogP contribution < -0.4 is 0 Å². The minimum absolute atomic E-state index is 0.245. The van der Waals surface area contributed by atoms with Gasteiger partial charge in [0, 0.05) is 19.0 Å². The topological polar surface area (TPSA) is 20.3 Å². The molecule has 2 fully saturated rings. The largest absolute Gasteiger partial charge is 0.342 e. The molecule has 86 valence electrons. The number of rotatable bonds is 1. The number of carbonyl (C=O) groups is 1. The molecule has 15 heavy (non-hydrogen) atoms. The van der Waals surface area contributed by atoms with Crippen molar-refractivity contribution in [2.24, 2.45) is 11.3 Å². The average Bonchev–Trinajstić information content (AvgIpc) is 2.58. The quantitative estimate of drug-likeness (QED) is 0.650. The summed E-state index contributed by atoms with van der Waals surface area (Å²) < 4.78 is 0. The fraction of sp³-hybridized carbons (Fsp3) is 0.923. The standard InChI is InChI=1S/C13H23NO/c1-13(2)8-6-7-11(13)12(15)14-9-4-3-5-10-14/h11H,3-10H2,1-2H3. The zero-order valence-corrected chi connectivity index (χ0v) is 10.1. The van der Waals surface area contributed by atoms with Crippen LogP contribution in [0.4, 0.5) is 0 Å². The molecule has 0 radical (unpaired) electrons. The Kier molecular flexibility index (Phi) is 3.03. The van der Waals surface area contributed by atoms with Crippen LogP contribution in [0.25, 0.3) is 0 Å². The molecule has 0 aromatic rings. The maximum absolute atomic E-state index is 12.3. The minimum Gasteiger partial charge on any atom is -0.342 e. The predicted molar refractivity (Wildman–Crippen MR) is 61.6 cm³/mol. The van der Waals surface area contributed by atoms with Crippen LogP contribution in [0.5, 0.6) is 0 Å². The van der Waals surface area contributed by atoms with Gasteiger partial charge in [0.15, 0.2) is 0 Å². The molecular weight excluding hydrogens is 186 g/mol. The maximum Gasteiger partial charge on any atom is 0.226 e. The van der Waals surface area contributed by atoms with Gasteiger partial charge in [0.05, 0.1) is 0 Å². The van der Waals surface area contributed by atoms with Gasteiger partial charge in [-0.1, -0.05) is 20.3 Å². The number of amides is 1. The van der Waals surface area contributed by atoms with E-state index in [9.17, 15) is 4.79 Å². The molecule has 0 N–H and O–H groups in total. The van der Waals surface area contributed by atoms with Gasteiger partial charge in [-0.2, -0.15) is 0 Å². The van der Waals surface area contributed by atoms with E-state index in [1.54, 1.807) is 0 Å². The van der Waals surface area contributed by atoms with Gasteiger partial charge >= 0.3 is 0 Å². The Hall–Kier alpha value is -0.530. The van der Waals surface area contributed by atoms with E-state index in [1.165, 1.54) is 32.1 Å². The first kappa shape index (κ1) is 11.0. The van der Waals surface area contributed by atoms with E-state index < -0.39 is 0 Å². The Morgan fingerprint density at radius 3 is 2.33 bits per heavy atom. The maximum atomic E-state index is 12.3. The second-order valence-electron chi connectivity index (χ2n) is 5.82. The zero-order chi connectivity index (χ0) is 10.9. The minimum atomic E-state index is 0.245. The highest BCUT2D eigenvalue weighted by molar-refractivity contribution is 5.80. The van der Waals surface area contributed by atoms with E-state index in [1.807, 2.05) is 0 Å². The summed E-state index contributed by atoms with van der Waals surface area (Å²) in [4.78, 5) is 14.5. The van der Waals surface area contributed by atoms with Gasteiger partial charge in [-0.3, -0.25) is 4.79 Å². The van der Waals surface area contributed by atoms with Crippen molar-refractivity contribution in [2.45, 2.75) is 52.4 Å². The summed E-state index contributed by atoms with van der Waals surface area (Å²) in [5, 5.41) is 0. The summed E-state index contributed by atoms with van der Waals surface area (Å²) in [7, 11) is 0. The number of likely N-dealkylation sites (tertiary alicyclic amines) is 1. The third-order valence-electron chi connectivity index (χ3n) is 4.22. The lowest BCUT2D eigenvalue weighted by Gasteiger charge is -2.34. The Balaban J connectivity index is 2.00. The van der Waals surface area contributed by atoms with Crippen molar-refractivity contribution in [1.82, 2.24) is 4.90 Å².